The number of fused-ring (bicyclic) bond motifs is 1. The normalized spacial score (nSPS) is 11.5. The van der Waals surface area contributed by atoms with Crippen LogP contribution in [0.15, 0.2) is 35.3 Å². The first kappa shape index (κ1) is 14.1. The first-order valence-corrected chi connectivity index (χ1v) is 6.26. The fourth-order valence-electron chi connectivity index (χ4n) is 1.43. The average molecular weight is 321 g/mol. The molecule has 2 aromatic rings. The molecule has 0 aliphatic carbocycles. The summed E-state index contributed by atoms with van der Waals surface area (Å²) in [5, 5.41) is 12.5. The molecule has 19 heavy (non-hydrogen) atoms. The molecule has 0 bridgehead atoms. The Balaban J connectivity index is 2.25. The maximum absolute atomic E-state index is 12.0. The lowest BCUT2D eigenvalue weighted by molar-refractivity contribution is 0.196. The third-order valence-electron chi connectivity index (χ3n) is 2.35. The topological polar surface area (TPSA) is 68.0 Å². The van der Waals surface area contributed by atoms with Gasteiger partial charge in [-0.3, -0.25) is 10.2 Å². The first-order valence-electron chi connectivity index (χ1n) is 5.13. The van der Waals surface area contributed by atoms with Crippen LogP contribution in [0.2, 0.25) is 0 Å². The van der Waals surface area contributed by atoms with E-state index in [0.717, 1.165) is 10.1 Å². The Bertz CT molecular complexity index is 679. The van der Waals surface area contributed by atoms with Gasteiger partial charge < -0.3 is 4.74 Å². The molecule has 0 atom stereocenters. The number of hydrogen-bond donors (Lipinski definition) is 1. The Morgan fingerprint density at radius 3 is 2.74 bits per heavy atom. The van der Waals surface area contributed by atoms with E-state index in [1.54, 1.807) is 18.2 Å². The number of rotatable bonds is 2. The Labute approximate surface area is 123 Å². The minimum atomic E-state index is -1.96. The number of benzene rings is 1. The van der Waals surface area contributed by atoms with Gasteiger partial charge in [0.15, 0.2) is 6.73 Å². The van der Waals surface area contributed by atoms with Crippen molar-refractivity contribution in [3.8, 4) is 0 Å². The Kier molecular flexibility index (Phi) is 3.99. The number of nitrogens with one attached hydrogen (secondary N) is 1. The second-order valence-electron chi connectivity index (χ2n) is 3.64. The second kappa shape index (κ2) is 5.36. The van der Waals surface area contributed by atoms with Gasteiger partial charge in [0.05, 0.1) is 11.6 Å². The Morgan fingerprint density at radius 1 is 1.37 bits per heavy atom. The van der Waals surface area contributed by atoms with Gasteiger partial charge in [0.1, 0.15) is 0 Å². The number of halogens is 3. The molecule has 0 spiro atoms. The van der Waals surface area contributed by atoms with Gasteiger partial charge in [-0.25, -0.2) is 0 Å². The zero-order valence-electron chi connectivity index (χ0n) is 9.44. The van der Waals surface area contributed by atoms with Gasteiger partial charge in [-0.15, -0.1) is 0 Å². The zero-order valence-corrected chi connectivity index (χ0v) is 11.7. The van der Waals surface area contributed by atoms with E-state index in [1.165, 1.54) is 6.20 Å². The summed E-state index contributed by atoms with van der Waals surface area (Å²) in [5.74, 6) is -0.570. The van der Waals surface area contributed by atoms with E-state index in [-0.39, 0.29) is 12.3 Å². The summed E-state index contributed by atoms with van der Waals surface area (Å²) in [6, 6.07) is 7.01. The molecule has 0 aliphatic heterocycles. The second-order valence-corrected chi connectivity index (χ2v) is 5.92. The number of aromatic nitrogens is 2. The van der Waals surface area contributed by atoms with Crippen LogP contribution < -0.4 is 5.56 Å². The molecular formula is C11H8Cl3N3O2. The first-order chi connectivity index (χ1) is 8.89. The molecule has 0 fully saturated rings. The highest BCUT2D eigenvalue weighted by Crippen LogP contribution is 2.27. The van der Waals surface area contributed by atoms with Crippen molar-refractivity contribution in [1.82, 2.24) is 9.78 Å². The zero-order chi connectivity index (χ0) is 14.0. The molecule has 1 aromatic carbocycles. The van der Waals surface area contributed by atoms with Crippen molar-refractivity contribution in [2.45, 2.75) is 10.5 Å². The van der Waals surface area contributed by atoms with Crippen molar-refractivity contribution in [2.24, 2.45) is 0 Å². The Morgan fingerprint density at radius 2 is 2.05 bits per heavy atom. The highest BCUT2D eigenvalue weighted by Gasteiger charge is 2.28. The van der Waals surface area contributed by atoms with Crippen LogP contribution in [0.25, 0.3) is 10.8 Å². The lowest BCUT2D eigenvalue weighted by Gasteiger charge is -2.14. The van der Waals surface area contributed by atoms with Crippen molar-refractivity contribution in [3.05, 3.63) is 40.8 Å². The molecule has 0 saturated carbocycles. The molecule has 1 N–H and O–H groups in total. The maximum Gasteiger partial charge on any atom is 0.277 e. The van der Waals surface area contributed by atoms with E-state index in [1.807, 2.05) is 6.07 Å². The van der Waals surface area contributed by atoms with Crippen LogP contribution in [0, 0.1) is 5.41 Å². The van der Waals surface area contributed by atoms with Crippen LogP contribution in [-0.2, 0) is 11.5 Å². The fraction of sp³-hybridized carbons (Fsp3) is 0.182. The summed E-state index contributed by atoms with van der Waals surface area (Å²) in [7, 11) is 0. The number of nitrogens with zero attached hydrogens (tertiary/aromatic N) is 2. The van der Waals surface area contributed by atoms with Gasteiger partial charge in [-0.05, 0) is 6.07 Å². The number of ether oxygens (including phenoxy) is 1. The third kappa shape index (κ3) is 3.18. The largest absolute Gasteiger partial charge is 0.455 e. The van der Waals surface area contributed by atoms with E-state index < -0.39 is 9.69 Å². The summed E-state index contributed by atoms with van der Waals surface area (Å²) in [6.45, 7) is -0.295. The van der Waals surface area contributed by atoms with E-state index >= 15 is 0 Å². The predicted octanol–water partition coefficient (Wildman–Crippen LogP) is 2.72. The van der Waals surface area contributed by atoms with E-state index in [2.05, 4.69) is 5.10 Å². The summed E-state index contributed by atoms with van der Waals surface area (Å²) in [4.78, 5) is 12.0. The molecule has 2 rings (SSSR count). The fourth-order valence-corrected chi connectivity index (χ4v) is 1.59. The third-order valence-corrected chi connectivity index (χ3v) is 2.87. The van der Waals surface area contributed by atoms with Crippen LogP contribution in [0.5, 0.6) is 0 Å². The highest BCUT2D eigenvalue weighted by molar-refractivity contribution is 6.75. The van der Waals surface area contributed by atoms with Crippen molar-refractivity contribution in [2.75, 3.05) is 0 Å². The standard InChI is InChI=1S/C11H8Cl3N3O2/c12-11(13,14)10(15)19-6-17-9(18)8-4-2-1-3-7(8)5-16-17/h1-5,15H,6H2. The van der Waals surface area contributed by atoms with Gasteiger partial charge in [0, 0.05) is 5.39 Å². The summed E-state index contributed by atoms with van der Waals surface area (Å²) in [5.41, 5.74) is -0.338. The molecule has 0 saturated heterocycles. The molecule has 1 aromatic heterocycles. The monoisotopic (exact) mass is 319 g/mol. The minimum Gasteiger partial charge on any atom is -0.455 e. The van der Waals surface area contributed by atoms with Crippen LogP contribution in [0.3, 0.4) is 0 Å². The van der Waals surface area contributed by atoms with E-state index in [4.69, 9.17) is 44.9 Å². The van der Waals surface area contributed by atoms with Crippen LogP contribution in [0.1, 0.15) is 0 Å². The smallest absolute Gasteiger partial charge is 0.277 e. The Hall–Kier alpha value is -1.30. The molecule has 0 aliphatic rings. The lowest BCUT2D eigenvalue weighted by Crippen LogP contribution is -2.28. The van der Waals surface area contributed by atoms with Gasteiger partial charge >= 0.3 is 0 Å². The van der Waals surface area contributed by atoms with Crippen LogP contribution in [-0.4, -0.2) is 19.5 Å². The summed E-state index contributed by atoms with van der Waals surface area (Å²) in [6.07, 6.45) is 1.53. The lowest BCUT2D eigenvalue weighted by atomic mass is 10.2. The van der Waals surface area contributed by atoms with Crippen molar-refractivity contribution < 1.29 is 4.74 Å². The van der Waals surface area contributed by atoms with Gasteiger partial charge in [-0.2, -0.15) is 9.78 Å². The van der Waals surface area contributed by atoms with Gasteiger partial charge in [0.25, 0.3) is 9.35 Å². The number of hydrogen-bond acceptors (Lipinski definition) is 4. The SMILES string of the molecule is N=C(OCn1ncc2ccccc2c1=O)C(Cl)(Cl)Cl. The molecule has 8 heteroatoms. The molecule has 0 radical (unpaired) electrons. The summed E-state index contributed by atoms with van der Waals surface area (Å²) >= 11 is 16.4. The molecule has 0 unspecified atom stereocenters. The molecular weight excluding hydrogens is 312 g/mol. The van der Waals surface area contributed by atoms with Crippen LogP contribution in [0.4, 0.5) is 0 Å². The molecule has 100 valence electrons. The highest BCUT2D eigenvalue weighted by atomic mass is 35.6. The van der Waals surface area contributed by atoms with E-state index in [0.29, 0.717) is 5.39 Å². The predicted molar refractivity (Wildman–Crippen MR) is 75.1 cm³/mol. The quantitative estimate of drug-likeness (QED) is 0.525. The summed E-state index contributed by atoms with van der Waals surface area (Å²) < 4.78 is 4.00. The number of alkyl halides is 3. The van der Waals surface area contributed by atoms with Crippen molar-refractivity contribution in [1.29, 1.82) is 5.41 Å². The average Bonchev–Trinajstić information content (AvgIpc) is 2.37. The van der Waals surface area contributed by atoms with Crippen molar-refractivity contribution in [3.63, 3.8) is 0 Å². The molecule has 1 heterocycles. The molecule has 0 amide bonds. The van der Waals surface area contributed by atoms with Crippen molar-refractivity contribution >= 4 is 51.5 Å². The molecule has 5 nitrogen and oxygen atoms in total. The van der Waals surface area contributed by atoms with Gasteiger partial charge in [-0.1, -0.05) is 53.0 Å². The maximum atomic E-state index is 12.0. The van der Waals surface area contributed by atoms with Gasteiger partial charge in [0.2, 0.25) is 5.90 Å². The van der Waals surface area contributed by atoms with Crippen LogP contribution >= 0.6 is 34.8 Å². The van der Waals surface area contributed by atoms with E-state index in [9.17, 15) is 4.79 Å². The minimum absolute atomic E-state index is 0.295.